The Balaban J connectivity index is 2.03. The molecule has 0 spiro atoms. The van der Waals surface area contributed by atoms with Gasteiger partial charge in [0, 0.05) is 35.9 Å². The molecule has 3 rings (SSSR count). The molecule has 2 aromatic rings. The van der Waals surface area contributed by atoms with E-state index in [-0.39, 0.29) is 16.6 Å². The predicted octanol–water partition coefficient (Wildman–Crippen LogP) is 4.37. The van der Waals surface area contributed by atoms with Gasteiger partial charge in [-0.3, -0.25) is 19.0 Å². The van der Waals surface area contributed by atoms with Gasteiger partial charge in [-0.25, -0.2) is 0 Å². The Hall–Kier alpha value is -2.11. The van der Waals surface area contributed by atoms with Crippen LogP contribution in [0.25, 0.3) is 0 Å². The molecule has 0 unspecified atom stereocenters. The molecule has 28 heavy (non-hydrogen) atoms. The maximum atomic E-state index is 13.4. The number of carbonyl (C=O) groups excluding carboxylic acids is 2. The van der Waals surface area contributed by atoms with Crippen LogP contribution in [0.15, 0.2) is 47.4 Å². The van der Waals surface area contributed by atoms with Gasteiger partial charge in [0.2, 0.25) is 0 Å². The Morgan fingerprint density at radius 1 is 1.11 bits per heavy atom. The van der Waals surface area contributed by atoms with Crippen LogP contribution in [-0.2, 0) is 4.79 Å². The number of halogens is 2. The molecule has 1 amide bonds. The summed E-state index contributed by atoms with van der Waals surface area (Å²) in [6, 6.07) is 7.77. The summed E-state index contributed by atoms with van der Waals surface area (Å²) >= 11 is 12.2. The standard InChI is InChI=1S/C21H22Cl2N2O3/c1-24(15-7-3-2-4-8-15)21(28)19(25-12-6-5-9-18(25)26)20(27)16-13-14(22)10-11-17(16)23/h5-6,9-13,15,19H,2-4,7-8H2,1H3/t19-/m1/s1. The average Bonchev–Trinajstić information content (AvgIpc) is 2.71. The van der Waals surface area contributed by atoms with Crippen LogP contribution in [0.2, 0.25) is 10.0 Å². The van der Waals surface area contributed by atoms with Gasteiger partial charge in [-0.2, -0.15) is 0 Å². The van der Waals surface area contributed by atoms with E-state index >= 15 is 0 Å². The van der Waals surface area contributed by atoms with E-state index in [1.807, 2.05) is 0 Å². The van der Waals surface area contributed by atoms with Gasteiger partial charge >= 0.3 is 0 Å². The molecule has 1 aromatic heterocycles. The maximum absolute atomic E-state index is 13.4. The highest BCUT2D eigenvalue weighted by Gasteiger charge is 2.36. The smallest absolute Gasteiger partial charge is 0.253 e. The highest BCUT2D eigenvalue weighted by atomic mass is 35.5. The maximum Gasteiger partial charge on any atom is 0.253 e. The van der Waals surface area contributed by atoms with Crippen molar-refractivity contribution >= 4 is 34.9 Å². The molecule has 1 heterocycles. The fraction of sp³-hybridized carbons (Fsp3) is 0.381. The number of benzene rings is 1. The SMILES string of the molecule is CN(C(=O)[C@@H](C(=O)c1cc(Cl)ccc1Cl)n1ccccc1=O)C1CCCCC1. The van der Waals surface area contributed by atoms with Gasteiger partial charge in [0.15, 0.2) is 11.8 Å². The number of likely N-dealkylation sites (N-methyl/N-ethyl adjacent to an activating group) is 1. The van der Waals surface area contributed by atoms with Crippen LogP contribution in [0.4, 0.5) is 0 Å². The molecule has 0 bridgehead atoms. The Bertz CT molecular complexity index is 935. The number of rotatable bonds is 5. The lowest BCUT2D eigenvalue weighted by Gasteiger charge is -2.33. The Morgan fingerprint density at radius 3 is 2.50 bits per heavy atom. The molecule has 1 aliphatic rings. The molecule has 1 saturated carbocycles. The van der Waals surface area contributed by atoms with Crippen molar-refractivity contribution in [1.29, 1.82) is 0 Å². The molecule has 1 atom stereocenters. The van der Waals surface area contributed by atoms with Crippen molar-refractivity contribution in [2.45, 2.75) is 44.2 Å². The second kappa shape index (κ2) is 8.93. The van der Waals surface area contributed by atoms with Gasteiger partial charge in [-0.05, 0) is 37.1 Å². The van der Waals surface area contributed by atoms with Crippen LogP contribution in [0, 0.1) is 0 Å². The summed E-state index contributed by atoms with van der Waals surface area (Å²) in [7, 11) is 1.70. The van der Waals surface area contributed by atoms with Crippen molar-refractivity contribution in [2.24, 2.45) is 0 Å². The highest BCUT2D eigenvalue weighted by Crippen LogP contribution is 2.28. The number of pyridine rings is 1. The Labute approximate surface area is 173 Å². The van der Waals surface area contributed by atoms with E-state index in [1.165, 1.54) is 29.0 Å². The number of hydrogen-bond donors (Lipinski definition) is 0. The predicted molar refractivity (Wildman–Crippen MR) is 110 cm³/mol. The van der Waals surface area contributed by atoms with Crippen LogP contribution in [0.5, 0.6) is 0 Å². The Kier molecular flexibility index (Phi) is 6.57. The van der Waals surface area contributed by atoms with Crippen LogP contribution in [0.3, 0.4) is 0 Å². The summed E-state index contributed by atoms with van der Waals surface area (Å²) in [6.07, 6.45) is 6.49. The number of hydrogen-bond acceptors (Lipinski definition) is 3. The molecule has 0 N–H and O–H groups in total. The van der Waals surface area contributed by atoms with Crippen molar-refractivity contribution in [3.8, 4) is 0 Å². The lowest BCUT2D eigenvalue weighted by molar-refractivity contribution is -0.134. The highest BCUT2D eigenvalue weighted by molar-refractivity contribution is 6.36. The minimum Gasteiger partial charge on any atom is -0.341 e. The zero-order chi connectivity index (χ0) is 20.3. The molecule has 7 heteroatoms. The number of carbonyl (C=O) groups is 2. The van der Waals surface area contributed by atoms with Crippen molar-refractivity contribution in [3.63, 3.8) is 0 Å². The van der Waals surface area contributed by atoms with Crippen LogP contribution in [-0.4, -0.2) is 34.2 Å². The third kappa shape index (κ3) is 4.31. The van der Waals surface area contributed by atoms with E-state index in [0.29, 0.717) is 5.02 Å². The largest absolute Gasteiger partial charge is 0.341 e. The van der Waals surface area contributed by atoms with Crippen molar-refractivity contribution in [2.75, 3.05) is 7.05 Å². The van der Waals surface area contributed by atoms with Crippen molar-refractivity contribution in [1.82, 2.24) is 9.47 Å². The number of aromatic nitrogens is 1. The average molecular weight is 421 g/mol. The zero-order valence-electron chi connectivity index (χ0n) is 15.6. The molecular weight excluding hydrogens is 399 g/mol. The monoisotopic (exact) mass is 420 g/mol. The summed E-state index contributed by atoms with van der Waals surface area (Å²) in [5, 5.41) is 0.525. The molecule has 0 radical (unpaired) electrons. The molecule has 1 fully saturated rings. The first-order chi connectivity index (χ1) is 13.4. The molecular formula is C21H22Cl2N2O3. The first kappa shape index (κ1) is 20.6. The lowest BCUT2D eigenvalue weighted by atomic mass is 9.93. The first-order valence-electron chi connectivity index (χ1n) is 9.33. The van der Waals surface area contributed by atoms with E-state index in [9.17, 15) is 14.4 Å². The minimum absolute atomic E-state index is 0.0609. The number of ketones is 1. The van der Waals surface area contributed by atoms with Crippen molar-refractivity contribution < 1.29 is 9.59 Å². The molecule has 0 aliphatic heterocycles. The summed E-state index contributed by atoms with van der Waals surface area (Å²) < 4.78 is 1.17. The third-order valence-electron chi connectivity index (χ3n) is 5.28. The zero-order valence-corrected chi connectivity index (χ0v) is 17.1. The molecule has 1 aromatic carbocycles. The fourth-order valence-electron chi connectivity index (χ4n) is 3.69. The Morgan fingerprint density at radius 2 is 1.82 bits per heavy atom. The molecule has 148 valence electrons. The van der Waals surface area contributed by atoms with Gasteiger partial charge in [-0.15, -0.1) is 0 Å². The molecule has 0 saturated heterocycles. The van der Waals surface area contributed by atoms with E-state index < -0.39 is 23.3 Å². The number of amides is 1. The van der Waals surface area contributed by atoms with Gasteiger partial charge in [-0.1, -0.05) is 48.5 Å². The second-order valence-electron chi connectivity index (χ2n) is 7.08. The van der Waals surface area contributed by atoms with E-state index in [0.717, 1.165) is 32.1 Å². The number of Topliss-reactive ketones (excluding diaryl/α,β-unsaturated/α-hetero) is 1. The quantitative estimate of drug-likeness (QED) is 0.532. The molecule has 1 aliphatic carbocycles. The summed E-state index contributed by atoms with van der Waals surface area (Å²) in [6.45, 7) is 0. The van der Waals surface area contributed by atoms with E-state index in [1.54, 1.807) is 30.1 Å². The topological polar surface area (TPSA) is 59.4 Å². The van der Waals surface area contributed by atoms with E-state index in [4.69, 9.17) is 23.2 Å². The third-order valence-corrected chi connectivity index (χ3v) is 5.84. The first-order valence-corrected chi connectivity index (χ1v) is 10.1. The molecule has 5 nitrogen and oxygen atoms in total. The van der Waals surface area contributed by atoms with Gasteiger partial charge in [0.25, 0.3) is 11.5 Å². The van der Waals surface area contributed by atoms with Gasteiger partial charge < -0.3 is 4.90 Å². The van der Waals surface area contributed by atoms with Gasteiger partial charge in [0.1, 0.15) is 0 Å². The lowest BCUT2D eigenvalue weighted by Crippen LogP contribution is -2.46. The summed E-state index contributed by atoms with van der Waals surface area (Å²) in [5.41, 5.74) is -0.301. The van der Waals surface area contributed by atoms with E-state index in [2.05, 4.69) is 0 Å². The second-order valence-corrected chi connectivity index (χ2v) is 7.92. The summed E-state index contributed by atoms with van der Waals surface area (Å²) in [5.74, 6) is -0.963. The fourth-order valence-corrected chi connectivity index (χ4v) is 4.07. The van der Waals surface area contributed by atoms with Crippen LogP contribution < -0.4 is 5.56 Å². The van der Waals surface area contributed by atoms with Gasteiger partial charge in [0.05, 0.1) is 5.02 Å². The number of nitrogens with zero attached hydrogens (tertiary/aromatic N) is 2. The normalized spacial score (nSPS) is 15.8. The minimum atomic E-state index is -1.32. The van der Waals surface area contributed by atoms with Crippen LogP contribution in [0.1, 0.15) is 48.5 Å². The summed E-state index contributed by atoms with van der Waals surface area (Å²) in [4.78, 5) is 40.8. The van der Waals surface area contributed by atoms with Crippen molar-refractivity contribution in [3.05, 3.63) is 68.6 Å². The van der Waals surface area contributed by atoms with Crippen LogP contribution >= 0.6 is 23.2 Å².